The molecule has 6 heteroatoms. The Morgan fingerprint density at radius 1 is 1.12 bits per heavy atom. The standard InChI is InChI=1S/C19H20N2O4/c1-22-15-7-3-2-6-14(15)12-24-19(18-20-10-11-21-18)13-23-16-8-4-5-9-17(16)25-19/h2-9H,10-13H2,1H3,(H,20,21). The van der Waals surface area contributed by atoms with Crippen molar-refractivity contribution in [3.05, 3.63) is 54.1 Å². The number of hydrogen-bond donors (Lipinski definition) is 1. The Kier molecular flexibility index (Phi) is 4.19. The Labute approximate surface area is 146 Å². The van der Waals surface area contributed by atoms with Crippen LogP contribution in [0, 0.1) is 0 Å². The van der Waals surface area contributed by atoms with Gasteiger partial charge >= 0.3 is 5.79 Å². The number of hydrogen-bond acceptors (Lipinski definition) is 6. The van der Waals surface area contributed by atoms with Gasteiger partial charge in [0.25, 0.3) is 0 Å². The van der Waals surface area contributed by atoms with Crippen molar-refractivity contribution in [2.24, 2.45) is 4.99 Å². The van der Waals surface area contributed by atoms with E-state index in [0.717, 1.165) is 17.9 Å². The van der Waals surface area contributed by atoms with Crippen molar-refractivity contribution in [3.8, 4) is 17.2 Å². The third-order valence-electron chi connectivity index (χ3n) is 4.23. The minimum atomic E-state index is -1.09. The minimum Gasteiger partial charge on any atom is -0.496 e. The van der Waals surface area contributed by atoms with E-state index in [1.807, 2.05) is 48.5 Å². The molecule has 25 heavy (non-hydrogen) atoms. The summed E-state index contributed by atoms with van der Waals surface area (Å²) in [5.74, 6) is 1.70. The van der Waals surface area contributed by atoms with Crippen LogP contribution in [0.4, 0.5) is 0 Å². The smallest absolute Gasteiger partial charge is 0.304 e. The SMILES string of the molecule is COc1ccccc1COC1(C2=NCCN2)COc2ccccc2O1. The van der Waals surface area contributed by atoms with Gasteiger partial charge in [-0.3, -0.25) is 4.99 Å². The first-order valence-electron chi connectivity index (χ1n) is 8.26. The van der Waals surface area contributed by atoms with Gasteiger partial charge in [0, 0.05) is 12.1 Å². The van der Waals surface area contributed by atoms with Crippen molar-refractivity contribution < 1.29 is 18.9 Å². The lowest BCUT2D eigenvalue weighted by molar-refractivity contribution is -0.172. The molecule has 1 atom stereocenters. The number of nitrogens with zero attached hydrogens (tertiary/aromatic N) is 1. The van der Waals surface area contributed by atoms with Crippen molar-refractivity contribution >= 4 is 5.84 Å². The van der Waals surface area contributed by atoms with Crippen LogP contribution in [0.15, 0.2) is 53.5 Å². The molecular weight excluding hydrogens is 320 g/mol. The fourth-order valence-corrected chi connectivity index (χ4v) is 2.96. The molecule has 0 amide bonds. The Hall–Kier alpha value is -2.73. The fraction of sp³-hybridized carbons (Fsp3) is 0.316. The zero-order valence-corrected chi connectivity index (χ0v) is 14.0. The Morgan fingerprint density at radius 2 is 1.92 bits per heavy atom. The quantitative estimate of drug-likeness (QED) is 0.905. The highest BCUT2D eigenvalue weighted by Gasteiger charge is 2.46. The van der Waals surface area contributed by atoms with Crippen LogP contribution in [0.5, 0.6) is 17.2 Å². The van der Waals surface area contributed by atoms with E-state index in [2.05, 4.69) is 10.3 Å². The molecule has 0 saturated carbocycles. The normalized spacial score (nSPS) is 21.4. The van der Waals surface area contributed by atoms with Crippen molar-refractivity contribution in [2.45, 2.75) is 12.4 Å². The lowest BCUT2D eigenvalue weighted by Crippen LogP contribution is -2.57. The van der Waals surface area contributed by atoms with Crippen LogP contribution in [-0.4, -0.2) is 38.4 Å². The van der Waals surface area contributed by atoms with E-state index in [4.69, 9.17) is 18.9 Å². The van der Waals surface area contributed by atoms with Crippen LogP contribution in [0.2, 0.25) is 0 Å². The van der Waals surface area contributed by atoms with E-state index in [-0.39, 0.29) is 6.61 Å². The average Bonchev–Trinajstić information content (AvgIpc) is 3.22. The summed E-state index contributed by atoms with van der Waals surface area (Å²) in [7, 11) is 1.65. The molecule has 0 spiro atoms. The summed E-state index contributed by atoms with van der Waals surface area (Å²) in [5, 5.41) is 3.25. The van der Waals surface area contributed by atoms with Gasteiger partial charge in [-0.25, -0.2) is 0 Å². The highest BCUT2D eigenvalue weighted by molar-refractivity contribution is 5.91. The zero-order chi connectivity index (χ0) is 17.1. The molecule has 1 unspecified atom stereocenters. The monoisotopic (exact) mass is 340 g/mol. The summed E-state index contributed by atoms with van der Waals surface area (Å²) in [4.78, 5) is 4.50. The van der Waals surface area contributed by atoms with E-state index in [1.165, 1.54) is 0 Å². The van der Waals surface area contributed by atoms with Crippen molar-refractivity contribution in [3.63, 3.8) is 0 Å². The third-order valence-corrected chi connectivity index (χ3v) is 4.23. The van der Waals surface area contributed by atoms with Gasteiger partial charge in [0.05, 0.1) is 20.3 Å². The van der Waals surface area contributed by atoms with Gasteiger partial charge in [-0.2, -0.15) is 0 Å². The van der Waals surface area contributed by atoms with Crippen LogP contribution >= 0.6 is 0 Å². The average molecular weight is 340 g/mol. The van der Waals surface area contributed by atoms with Crippen LogP contribution in [0.25, 0.3) is 0 Å². The Morgan fingerprint density at radius 3 is 2.72 bits per heavy atom. The molecule has 0 saturated heterocycles. The molecule has 4 rings (SSSR count). The van der Waals surface area contributed by atoms with Crippen molar-refractivity contribution in [1.82, 2.24) is 5.32 Å². The van der Waals surface area contributed by atoms with Gasteiger partial charge in [-0.05, 0) is 18.2 Å². The van der Waals surface area contributed by atoms with Gasteiger partial charge in [-0.1, -0.05) is 30.3 Å². The number of methoxy groups -OCH3 is 1. The second-order valence-corrected chi connectivity index (χ2v) is 5.85. The summed E-state index contributed by atoms with van der Waals surface area (Å²) in [6.07, 6.45) is 0. The Balaban J connectivity index is 1.61. The third kappa shape index (κ3) is 3.00. The number of benzene rings is 2. The van der Waals surface area contributed by atoms with Crippen LogP contribution in [-0.2, 0) is 11.3 Å². The molecule has 0 radical (unpaired) electrons. The van der Waals surface area contributed by atoms with E-state index < -0.39 is 5.79 Å². The molecule has 6 nitrogen and oxygen atoms in total. The molecule has 2 aromatic rings. The maximum Gasteiger partial charge on any atom is 0.304 e. The summed E-state index contributed by atoms with van der Waals surface area (Å²) in [5.41, 5.74) is 0.936. The second kappa shape index (κ2) is 6.64. The summed E-state index contributed by atoms with van der Waals surface area (Å²) < 4.78 is 23.7. The molecule has 0 bridgehead atoms. The lowest BCUT2D eigenvalue weighted by Gasteiger charge is -2.37. The summed E-state index contributed by atoms with van der Waals surface area (Å²) in [6, 6.07) is 15.3. The molecule has 2 heterocycles. The number of aliphatic imine (C=N–C) groups is 1. The van der Waals surface area contributed by atoms with Crippen molar-refractivity contribution in [2.75, 3.05) is 26.8 Å². The van der Waals surface area contributed by atoms with E-state index in [0.29, 0.717) is 30.5 Å². The molecule has 2 aromatic carbocycles. The highest BCUT2D eigenvalue weighted by atomic mass is 16.7. The number of para-hydroxylation sites is 3. The lowest BCUT2D eigenvalue weighted by atomic mass is 10.2. The van der Waals surface area contributed by atoms with Gasteiger partial charge < -0.3 is 24.3 Å². The van der Waals surface area contributed by atoms with Gasteiger partial charge in [0.2, 0.25) is 0 Å². The first-order chi connectivity index (χ1) is 12.3. The predicted octanol–water partition coefficient (Wildman–Crippen LogP) is 2.38. The fourth-order valence-electron chi connectivity index (χ4n) is 2.96. The molecule has 1 N–H and O–H groups in total. The molecule has 2 aliphatic heterocycles. The topological polar surface area (TPSA) is 61.3 Å². The van der Waals surface area contributed by atoms with Crippen LogP contribution in [0.1, 0.15) is 5.56 Å². The number of amidine groups is 1. The minimum absolute atomic E-state index is 0.227. The summed E-state index contributed by atoms with van der Waals surface area (Å²) in [6.45, 7) is 2.00. The molecule has 130 valence electrons. The molecule has 0 aromatic heterocycles. The first kappa shape index (κ1) is 15.8. The van der Waals surface area contributed by atoms with Crippen molar-refractivity contribution in [1.29, 1.82) is 0 Å². The maximum absolute atomic E-state index is 6.22. The Bertz CT molecular complexity index is 792. The molecular formula is C19H20N2O4. The van der Waals surface area contributed by atoms with Crippen LogP contribution in [0.3, 0.4) is 0 Å². The molecule has 0 aliphatic carbocycles. The molecule has 2 aliphatic rings. The van der Waals surface area contributed by atoms with Gasteiger partial charge in [0.1, 0.15) is 5.75 Å². The molecule has 0 fully saturated rings. The van der Waals surface area contributed by atoms with E-state index >= 15 is 0 Å². The predicted molar refractivity (Wildman–Crippen MR) is 93.4 cm³/mol. The first-order valence-corrected chi connectivity index (χ1v) is 8.26. The number of ether oxygens (including phenoxy) is 4. The van der Waals surface area contributed by atoms with E-state index in [9.17, 15) is 0 Å². The van der Waals surface area contributed by atoms with E-state index in [1.54, 1.807) is 7.11 Å². The van der Waals surface area contributed by atoms with Crippen LogP contribution < -0.4 is 19.5 Å². The largest absolute Gasteiger partial charge is 0.496 e. The van der Waals surface area contributed by atoms with Gasteiger partial charge in [0.15, 0.2) is 23.9 Å². The maximum atomic E-state index is 6.22. The zero-order valence-electron chi connectivity index (χ0n) is 14.0. The number of fused-ring (bicyclic) bond motifs is 1. The number of nitrogens with one attached hydrogen (secondary N) is 1. The highest BCUT2D eigenvalue weighted by Crippen LogP contribution is 2.37. The second-order valence-electron chi connectivity index (χ2n) is 5.85. The number of rotatable bonds is 5. The summed E-state index contributed by atoms with van der Waals surface area (Å²) >= 11 is 0. The van der Waals surface area contributed by atoms with Gasteiger partial charge in [-0.15, -0.1) is 0 Å².